The van der Waals surface area contributed by atoms with Crippen molar-refractivity contribution in [2.24, 2.45) is 7.05 Å². The number of nitrogens with one attached hydrogen (secondary N) is 1. The zero-order valence-electron chi connectivity index (χ0n) is 17.1. The summed E-state index contributed by atoms with van der Waals surface area (Å²) in [7, 11) is 2.04. The molecule has 5 rings (SSSR count). The summed E-state index contributed by atoms with van der Waals surface area (Å²) in [5.74, 6) is 0.932. The zero-order chi connectivity index (χ0) is 20.5. The van der Waals surface area contributed by atoms with E-state index >= 15 is 0 Å². The molecule has 1 saturated heterocycles. The average molecular weight is 419 g/mol. The van der Waals surface area contributed by atoms with Gasteiger partial charge in [0.25, 0.3) is 0 Å². The minimum Gasteiger partial charge on any atom is -0.490 e. The topological polar surface area (TPSA) is 42.3 Å². The van der Waals surface area contributed by atoms with Gasteiger partial charge in [0.2, 0.25) is 0 Å². The number of benzene rings is 1. The van der Waals surface area contributed by atoms with Gasteiger partial charge in [0.1, 0.15) is 5.75 Å². The second-order valence-corrected chi connectivity index (χ2v) is 8.51. The minimum absolute atomic E-state index is 0.0180. The lowest BCUT2D eigenvalue weighted by Crippen LogP contribution is -2.29. The van der Waals surface area contributed by atoms with Gasteiger partial charge in [-0.1, -0.05) is 6.07 Å². The third kappa shape index (κ3) is 3.67. The predicted molar refractivity (Wildman–Crippen MR) is 123 cm³/mol. The van der Waals surface area contributed by atoms with E-state index in [9.17, 15) is 0 Å². The molecule has 0 bridgehead atoms. The summed E-state index contributed by atoms with van der Waals surface area (Å²) in [6.07, 6.45) is 11.3. The first kappa shape index (κ1) is 19.1. The Hall–Kier alpha value is -2.86. The molecule has 1 aliphatic heterocycles. The highest BCUT2D eigenvalue weighted by atomic mass is 32.1. The van der Waals surface area contributed by atoms with Gasteiger partial charge >= 0.3 is 0 Å². The number of anilines is 1. The molecular formula is C24H26N4OS. The standard InChI is InChI=1S/C24H26N4OS/c1-27-15-13-17(16-27)23-22(21-8-4-5-14-25-21)26-24(30)28(23)18-9-11-20(12-10-18)29-19-6-2-3-7-19/h4-5,8-16,19,22-23H,2-3,6-7H2,1H3,(H,26,30)/t22-,23-/m0/s1. The summed E-state index contributed by atoms with van der Waals surface area (Å²) in [5.41, 5.74) is 3.24. The van der Waals surface area contributed by atoms with Crippen molar-refractivity contribution in [3.8, 4) is 5.75 Å². The van der Waals surface area contributed by atoms with Crippen LogP contribution < -0.4 is 15.0 Å². The molecule has 1 saturated carbocycles. The van der Waals surface area contributed by atoms with Gasteiger partial charge in [-0.3, -0.25) is 4.98 Å². The van der Waals surface area contributed by atoms with E-state index in [2.05, 4.69) is 68.6 Å². The van der Waals surface area contributed by atoms with E-state index in [-0.39, 0.29) is 12.1 Å². The molecule has 1 aromatic carbocycles. The van der Waals surface area contributed by atoms with Crippen LogP contribution in [0, 0.1) is 0 Å². The third-order valence-electron chi connectivity index (χ3n) is 6.01. The first-order valence-electron chi connectivity index (χ1n) is 10.6. The molecule has 2 aliphatic rings. The number of hydrogen-bond acceptors (Lipinski definition) is 3. The van der Waals surface area contributed by atoms with Crippen LogP contribution in [0.5, 0.6) is 5.75 Å². The van der Waals surface area contributed by atoms with Crippen LogP contribution in [-0.2, 0) is 7.05 Å². The molecule has 2 aromatic heterocycles. The summed E-state index contributed by atoms with van der Waals surface area (Å²) in [6.45, 7) is 0. The minimum atomic E-state index is -0.0180. The molecule has 5 nitrogen and oxygen atoms in total. The first-order valence-corrected chi connectivity index (χ1v) is 11.0. The van der Waals surface area contributed by atoms with Gasteiger partial charge in [-0.2, -0.15) is 0 Å². The van der Waals surface area contributed by atoms with Crippen molar-refractivity contribution in [2.75, 3.05) is 4.90 Å². The van der Waals surface area contributed by atoms with E-state index in [1.807, 2.05) is 25.4 Å². The van der Waals surface area contributed by atoms with Crippen LogP contribution in [0.15, 0.2) is 67.1 Å². The number of aryl methyl sites for hydroxylation is 1. The Kier molecular flexibility index (Phi) is 5.17. The highest BCUT2D eigenvalue weighted by Gasteiger charge is 2.41. The number of pyridine rings is 1. The Morgan fingerprint density at radius 1 is 1.07 bits per heavy atom. The molecule has 1 N–H and O–H groups in total. The van der Waals surface area contributed by atoms with Crippen LogP contribution in [-0.4, -0.2) is 20.8 Å². The zero-order valence-corrected chi connectivity index (χ0v) is 17.9. The molecular weight excluding hydrogens is 392 g/mol. The largest absolute Gasteiger partial charge is 0.490 e. The van der Waals surface area contributed by atoms with Gasteiger partial charge in [0.05, 0.1) is 23.9 Å². The molecule has 0 unspecified atom stereocenters. The fourth-order valence-electron chi connectivity index (χ4n) is 4.56. The maximum Gasteiger partial charge on any atom is 0.174 e. The van der Waals surface area contributed by atoms with E-state index in [1.54, 1.807) is 0 Å². The number of ether oxygens (including phenoxy) is 1. The molecule has 2 fully saturated rings. The summed E-state index contributed by atoms with van der Waals surface area (Å²) < 4.78 is 8.22. The van der Waals surface area contributed by atoms with Crippen LogP contribution >= 0.6 is 12.2 Å². The maximum absolute atomic E-state index is 6.14. The fraction of sp³-hybridized carbons (Fsp3) is 0.333. The second kappa shape index (κ2) is 8.11. The van der Waals surface area contributed by atoms with E-state index < -0.39 is 0 Å². The fourth-order valence-corrected chi connectivity index (χ4v) is 4.90. The van der Waals surface area contributed by atoms with Gasteiger partial charge in [-0.05, 0) is 85.9 Å². The average Bonchev–Trinajstić information content (AvgIpc) is 3.50. The molecule has 1 aliphatic carbocycles. The summed E-state index contributed by atoms with van der Waals surface area (Å²) in [6, 6.07) is 16.5. The van der Waals surface area contributed by atoms with E-state index in [0.29, 0.717) is 11.2 Å². The van der Waals surface area contributed by atoms with Crippen molar-refractivity contribution in [3.05, 3.63) is 78.4 Å². The Morgan fingerprint density at radius 3 is 2.53 bits per heavy atom. The Labute approximate surface area is 182 Å². The summed E-state index contributed by atoms with van der Waals surface area (Å²) in [5, 5.41) is 4.22. The summed E-state index contributed by atoms with van der Waals surface area (Å²) in [4.78, 5) is 6.80. The Balaban J connectivity index is 1.46. The molecule has 154 valence electrons. The van der Waals surface area contributed by atoms with Gasteiger partial charge in [0, 0.05) is 31.3 Å². The number of rotatable bonds is 5. The monoisotopic (exact) mass is 418 g/mol. The van der Waals surface area contributed by atoms with Gasteiger partial charge in [-0.25, -0.2) is 0 Å². The van der Waals surface area contributed by atoms with E-state index in [0.717, 1.165) is 30.0 Å². The normalized spacial score (nSPS) is 21.8. The molecule has 30 heavy (non-hydrogen) atoms. The van der Waals surface area contributed by atoms with Crippen molar-refractivity contribution < 1.29 is 4.74 Å². The van der Waals surface area contributed by atoms with Crippen LogP contribution in [0.2, 0.25) is 0 Å². The molecule has 0 amide bonds. The maximum atomic E-state index is 6.14. The summed E-state index contributed by atoms with van der Waals surface area (Å²) >= 11 is 5.78. The number of aromatic nitrogens is 2. The van der Waals surface area contributed by atoms with Crippen LogP contribution in [0.3, 0.4) is 0 Å². The van der Waals surface area contributed by atoms with Gasteiger partial charge < -0.3 is 19.5 Å². The first-order chi connectivity index (χ1) is 14.7. The van der Waals surface area contributed by atoms with Crippen LogP contribution in [0.1, 0.15) is 49.0 Å². The second-order valence-electron chi connectivity index (χ2n) is 8.13. The molecule has 0 spiro atoms. The van der Waals surface area contributed by atoms with Gasteiger partial charge in [0.15, 0.2) is 5.11 Å². The SMILES string of the molecule is Cn1ccc([C@H]2[C@H](c3ccccn3)NC(=S)N2c2ccc(OC3CCCC3)cc2)c1. The lowest BCUT2D eigenvalue weighted by atomic mass is 9.98. The molecule has 3 heterocycles. The molecule has 6 heteroatoms. The van der Waals surface area contributed by atoms with Crippen molar-refractivity contribution in [1.29, 1.82) is 0 Å². The smallest absolute Gasteiger partial charge is 0.174 e. The van der Waals surface area contributed by atoms with Crippen LogP contribution in [0.4, 0.5) is 5.69 Å². The Bertz CT molecular complexity index is 1010. The number of hydrogen-bond donors (Lipinski definition) is 1. The van der Waals surface area contributed by atoms with E-state index in [1.165, 1.54) is 18.4 Å². The van der Waals surface area contributed by atoms with Crippen molar-refractivity contribution >= 4 is 23.0 Å². The van der Waals surface area contributed by atoms with Crippen molar-refractivity contribution in [3.63, 3.8) is 0 Å². The molecule has 3 aromatic rings. The van der Waals surface area contributed by atoms with Gasteiger partial charge in [-0.15, -0.1) is 0 Å². The van der Waals surface area contributed by atoms with Crippen molar-refractivity contribution in [2.45, 2.75) is 43.9 Å². The number of nitrogens with zero attached hydrogens (tertiary/aromatic N) is 3. The highest BCUT2D eigenvalue weighted by molar-refractivity contribution is 7.80. The predicted octanol–water partition coefficient (Wildman–Crippen LogP) is 4.92. The highest BCUT2D eigenvalue weighted by Crippen LogP contribution is 2.41. The van der Waals surface area contributed by atoms with E-state index in [4.69, 9.17) is 17.0 Å². The van der Waals surface area contributed by atoms with Crippen molar-refractivity contribution in [1.82, 2.24) is 14.9 Å². The third-order valence-corrected chi connectivity index (χ3v) is 6.33. The molecule has 2 atom stereocenters. The molecule has 0 radical (unpaired) electrons. The number of thiocarbonyl (C=S) groups is 1. The lowest BCUT2D eigenvalue weighted by Gasteiger charge is -2.27. The lowest BCUT2D eigenvalue weighted by molar-refractivity contribution is 0.210. The quantitative estimate of drug-likeness (QED) is 0.596. The Morgan fingerprint density at radius 2 is 1.87 bits per heavy atom. The van der Waals surface area contributed by atoms with Crippen LogP contribution in [0.25, 0.3) is 0 Å².